The number of thioether (sulfide) groups is 1. The van der Waals surface area contributed by atoms with E-state index >= 15 is 0 Å². The van der Waals surface area contributed by atoms with Crippen LogP contribution in [0.2, 0.25) is 0 Å². The summed E-state index contributed by atoms with van der Waals surface area (Å²) >= 11 is 1.91. The Hall–Kier alpha value is -0.870. The smallest absolute Gasteiger partial charge is 0.166 e. The molecule has 0 aromatic heterocycles. The highest BCUT2D eigenvalue weighted by atomic mass is 32.2. The Labute approximate surface area is 123 Å². The lowest BCUT2D eigenvalue weighted by Gasteiger charge is -2.37. The first-order valence-electron chi connectivity index (χ1n) is 7.12. The molecule has 0 saturated carbocycles. The SMILES string of the molecule is Cc1cc(F)ccc1C(=O)C1CCOC2(CCSC2)C1. The van der Waals surface area contributed by atoms with Crippen molar-refractivity contribution in [2.45, 2.75) is 31.8 Å². The summed E-state index contributed by atoms with van der Waals surface area (Å²) in [6, 6.07) is 4.44. The lowest BCUT2D eigenvalue weighted by Crippen LogP contribution is -2.42. The summed E-state index contributed by atoms with van der Waals surface area (Å²) in [5.41, 5.74) is 1.31. The van der Waals surface area contributed by atoms with Crippen molar-refractivity contribution in [1.29, 1.82) is 0 Å². The van der Waals surface area contributed by atoms with Gasteiger partial charge in [-0.25, -0.2) is 4.39 Å². The van der Waals surface area contributed by atoms with Crippen molar-refractivity contribution in [1.82, 2.24) is 0 Å². The molecule has 1 aromatic rings. The molecule has 2 heterocycles. The van der Waals surface area contributed by atoms with E-state index in [-0.39, 0.29) is 23.1 Å². The van der Waals surface area contributed by atoms with Crippen LogP contribution in [0.4, 0.5) is 4.39 Å². The quantitative estimate of drug-likeness (QED) is 0.779. The Bertz CT molecular complexity index is 523. The number of halogens is 1. The van der Waals surface area contributed by atoms with Gasteiger partial charge in [-0.15, -0.1) is 0 Å². The Morgan fingerprint density at radius 3 is 3.05 bits per heavy atom. The zero-order valence-electron chi connectivity index (χ0n) is 11.7. The summed E-state index contributed by atoms with van der Waals surface area (Å²) in [5, 5.41) is 0. The van der Waals surface area contributed by atoms with Crippen LogP contribution in [0.3, 0.4) is 0 Å². The summed E-state index contributed by atoms with van der Waals surface area (Å²) < 4.78 is 19.1. The first-order chi connectivity index (χ1) is 9.60. The Morgan fingerprint density at radius 1 is 1.50 bits per heavy atom. The van der Waals surface area contributed by atoms with Crippen molar-refractivity contribution in [3.05, 3.63) is 35.1 Å². The van der Waals surface area contributed by atoms with Gasteiger partial charge in [0.25, 0.3) is 0 Å². The molecule has 2 aliphatic rings. The molecule has 2 atom stereocenters. The molecule has 0 amide bonds. The number of rotatable bonds is 2. The van der Waals surface area contributed by atoms with Crippen molar-refractivity contribution >= 4 is 17.5 Å². The van der Waals surface area contributed by atoms with Crippen LogP contribution in [0, 0.1) is 18.7 Å². The number of carbonyl (C=O) groups is 1. The number of carbonyl (C=O) groups excluding carboxylic acids is 1. The number of benzene rings is 1. The predicted molar refractivity (Wildman–Crippen MR) is 78.8 cm³/mol. The number of hydrogen-bond donors (Lipinski definition) is 0. The number of aryl methyl sites for hydroxylation is 1. The average Bonchev–Trinajstić information content (AvgIpc) is 2.86. The van der Waals surface area contributed by atoms with Crippen LogP contribution < -0.4 is 0 Å². The largest absolute Gasteiger partial charge is 0.374 e. The van der Waals surface area contributed by atoms with Crippen LogP contribution >= 0.6 is 11.8 Å². The van der Waals surface area contributed by atoms with Gasteiger partial charge in [0.05, 0.1) is 5.60 Å². The summed E-state index contributed by atoms with van der Waals surface area (Å²) in [7, 11) is 0. The van der Waals surface area contributed by atoms with Gasteiger partial charge in [0.2, 0.25) is 0 Å². The maximum absolute atomic E-state index is 13.2. The molecular formula is C16H19FO2S. The van der Waals surface area contributed by atoms with E-state index in [1.807, 2.05) is 11.8 Å². The minimum atomic E-state index is -0.283. The van der Waals surface area contributed by atoms with Crippen molar-refractivity contribution in [2.75, 3.05) is 18.1 Å². The fraction of sp³-hybridized carbons (Fsp3) is 0.562. The van der Waals surface area contributed by atoms with Gasteiger partial charge < -0.3 is 4.74 Å². The van der Waals surface area contributed by atoms with E-state index < -0.39 is 0 Å². The van der Waals surface area contributed by atoms with Gasteiger partial charge in [-0.3, -0.25) is 4.79 Å². The zero-order chi connectivity index (χ0) is 14.2. The van der Waals surface area contributed by atoms with E-state index in [0.29, 0.717) is 12.2 Å². The first kappa shape index (κ1) is 14.1. The lowest BCUT2D eigenvalue weighted by atomic mass is 9.80. The molecule has 3 rings (SSSR count). The minimum Gasteiger partial charge on any atom is -0.374 e. The molecule has 2 fully saturated rings. The monoisotopic (exact) mass is 294 g/mol. The summed E-state index contributed by atoms with van der Waals surface area (Å²) in [5.74, 6) is 2.01. The number of Topliss-reactive ketones (excluding diaryl/α,β-unsaturated/α-hetero) is 1. The van der Waals surface area contributed by atoms with Crippen LogP contribution in [0.15, 0.2) is 18.2 Å². The second-order valence-electron chi connectivity index (χ2n) is 5.85. The van der Waals surface area contributed by atoms with Crippen LogP contribution in [-0.4, -0.2) is 29.5 Å². The maximum atomic E-state index is 13.2. The maximum Gasteiger partial charge on any atom is 0.166 e. The summed E-state index contributed by atoms with van der Waals surface area (Å²) in [6.07, 6.45) is 2.64. The Balaban J connectivity index is 1.79. The molecule has 0 bridgehead atoms. The molecule has 20 heavy (non-hydrogen) atoms. The molecule has 4 heteroatoms. The number of hydrogen-bond acceptors (Lipinski definition) is 3. The molecule has 0 N–H and O–H groups in total. The highest BCUT2D eigenvalue weighted by Crippen LogP contribution is 2.41. The predicted octanol–water partition coefficient (Wildman–Crippen LogP) is 3.62. The van der Waals surface area contributed by atoms with Gasteiger partial charge in [0.1, 0.15) is 5.82 Å². The van der Waals surface area contributed by atoms with E-state index in [1.54, 1.807) is 13.0 Å². The van der Waals surface area contributed by atoms with Crippen LogP contribution in [0.5, 0.6) is 0 Å². The van der Waals surface area contributed by atoms with Crippen molar-refractivity contribution in [2.24, 2.45) is 5.92 Å². The van der Waals surface area contributed by atoms with E-state index in [0.717, 1.165) is 36.3 Å². The molecule has 2 aliphatic heterocycles. The van der Waals surface area contributed by atoms with Gasteiger partial charge in [0.15, 0.2) is 5.78 Å². The molecular weight excluding hydrogens is 275 g/mol. The van der Waals surface area contributed by atoms with Gasteiger partial charge >= 0.3 is 0 Å². The van der Waals surface area contributed by atoms with Crippen molar-refractivity contribution in [3.8, 4) is 0 Å². The lowest BCUT2D eigenvalue weighted by molar-refractivity contribution is -0.0734. The average molecular weight is 294 g/mol. The van der Waals surface area contributed by atoms with E-state index in [4.69, 9.17) is 4.74 Å². The van der Waals surface area contributed by atoms with Crippen molar-refractivity contribution < 1.29 is 13.9 Å². The standard InChI is InChI=1S/C16H19FO2S/c1-11-8-13(17)2-3-14(11)15(18)12-4-6-19-16(9-12)5-7-20-10-16/h2-3,8,12H,4-7,9-10H2,1H3. The highest BCUT2D eigenvalue weighted by Gasteiger charge is 2.42. The van der Waals surface area contributed by atoms with Crippen LogP contribution in [-0.2, 0) is 4.74 Å². The summed E-state index contributed by atoms with van der Waals surface area (Å²) in [6.45, 7) is 2.47. The second kappa shape index (κ2) is 5.49. The molecule has 2 saturated heterocycles. The van der Waals surface area contributed by atoms with Gasteiger partial charge in [-0.1, -0.05) is 0 Å². The fourth-order valence-electron chi connectivity index (χ4n) is 3.24. The number of ketones is 1. The molecule has 2 unspecified atom stereocenters. The molecule has 2 nitrogen and oxygen atoms in total. The van der Waals surface area contributed by atoms with E-state index in [1.165, 1.54) is 12.1 Å². The van der Waals surface area contributed by atoms with Crippen molar-refractivity contribution in [3.63, 3.8) is 0 Å². The molecule has 0 aliphatic carbocycles. The Kier molecular flexibility index (Phi) is 3.87. The van der Waals surface area contributed by atoms with Crippen LogP contribution in [0.25, 0.3) is 0 Å². The second-order valence-corrected chi connectivity index (χ2v) is 6.95. The molecule has 1 aromatic carbocycles. The topological polar surface area (TPSA) is 26.3 Å². The molecule has 108 valence electrons. The van der Waals surface area contributed by atoms with Gasteiger partial charge in [-0.2, -0.15) is 11.8 Å². The van der Waals surface area contributed by atoms with E-state index in [9.17, 15) is 9.18 Å². The third-order valence-corrected chi connectivity index (χ3v) is 5.61. The Morgan fingerprint density at radius 2 is 2.35 bits per heavy atom. The third-order valence-electron chi connectivity index (χ3n) is 4.38. The highest BCUT2D eigenvalue weighted by molar-refractivity contribution is 7.99. The third kappa shape index (κ3) is 2.63. The van der Waals surface area contributed by atoms with E-state index in [2.05, 4.69) is 0 Å². The molecule has 1 spiro atoms. The zero-order valence-corrected chi connectivity index (χ0v) is 12.5. The molecule has 0 radical (unpaired) electrons. The first-order valence-corrected chi connectivity index (χ1v) is 8.27. The summed E-state index contributed by atoms with van der Waals surface area (Å²) in [4.78, 5) is 12.7. The fourth-order valence-corrected chi connectivity index (χ4v) is 4.62. The normalized spacial score (nSPS) is 29.8. The van der Waals surface area contributed by atoms with Crippen LogP contribution in [0.1, 0.15) is 35.2 Å². The minimum absolute atomic E-state index is 0.0200. The number of ether oxygens (including phenoxy) is 1. The van der Waals surface area contributed by atoms with Gasteiger partial charge in [-0.05, 0) is 55.7 Å². The van der Waals surface area contributed by atoms with Gasteiger partial charge in [0, 0.05) is 23.8 Å².